The van der Waals surface area contributed by atoms with Gasteiger partial charge in [-0.2, -0.15) is 0 Å². The third kappa shape index (κ3) is 8.92. The third-order valence-corrected chi connectivity index (χ3v) is 12.1. The van der Waals surface area contributed by atoms with Gasteiger partial charge in [-0.15, -0.1) is 11.3 Å². The SMILES string of the molecule is COC(=O)c1ccc(CCc2ccc(NC(=O)c3c(NC(=O)c4cccc(CN(C5CC5)C5CCN(C(=O)CO)CC5)c4)sc4c3CCCC4)cc2)cc1. The topological polar surface area (TPSA) is 128 Å². The molecule has 0 spiro atoms. The van der Waals surface area contributed by atoms with Gasteiger partial charge in [-0.1, -0.05) is 36.4 Å². The fourth-order valence-electron chi connectivity index (χ4n) is 7.76. The molecular formula is C43H48N4O6S. The zero-order chi connectivity index (χ0) is 37.6. The van der Waals surface area contributed by atoms with Gasteiger partial charge in [-0.05, 0) is 123 Å². The molecule has 1 aromatic heterocycles. The van der Waals surface area contributed by atoms with E-state index in [1.54, 1.807) is 17.0 Å². The highest BCUT2D eigenvalue weighted by atomic mass is 32.1. The summed E-state index contributed by atoms with van der Waals surface area (Å²) in [4.78, 5) is 56.9. The molecule has 4 aromatic rings. The van der Waals surface area contributed by atoms with Gasteiger partial charge in [-0.25, -0.2) is 4.79 Å². The zero-order valence-corrected chi connectivity index (χ0v) is 31.6. The van der Waals surface area contributed by atoms with E-state index >= 15 is 0 Å². The molecule has 1 saturated carbocycles. The quantitative estimate of drug-likeness (QED) is 0.131. The number of aliphatic hydroxyl groups is 1. The minimum absolute atomic E-state index is 0.207. The molecule has 2 aliphatic carbocycles. The van der Waals surface area contributed by atoms with Gasteiger partial charge in [-0.3, -0.25) is 19.3 Å². The van der Waals surface area contributed by atoms with Crippen molar-refractivity contribution in [2.24, 2.45) is 0 Å². The number of carbonyl (C=O) groups is 4. The Kier molecular flexibility index (Phi) is 11.9. The number of ether oxygens (including phenoxy) is 1. The van der Waals surface area contributed by atoms with E-state index in [0.29, 0.717) is 52.6 Å². The molecule has 1 saturated heterocycles. The summed E-state index contributed by atoms with van der Waals surface area (Å²) in [5.41, 5.74) is 6.69. The van der Waals surface area contributed by atoms with E-state index in [-0.39, 0.29) is 23.7 Å². The Labute approximate surface area is 320 Å². The van der Waals surface area contributed by atoms with Gasteiger partial charge in [0.05, 0.1) is 18.2 Å². The van der Waals surface area contributed by atoms with Crippen molar-refractivity contribution in [3.05, 3.63) is 117 Å². The summed E-state index contributed by atoms with van der Waals surface area (Å²) in [6, 6.07) is 23.9. The summed E-state index contributed by atoms with van der Waals surface area (Å²) >= 11 is 1.51. The Balaban J connectivity index is 0.997. The first-order valence-corrected chi connectivity index (χ1v) is 19.9. The number of hydrogen-bond acceptors (Lipinski definition) is 8. The summed E-state index contributed by atoms with van der Waals surface area (Å²) in [7, 11) is 1.37. The number of rotatable bonds is 13. The third-order valence-electron chi connectivity index (χ3n) is 10.9. The minimum Gasteiger partial charge on any atom is -0.465 e. The van der Waals surface area contributed by atoms with Crippen LogP contribution in [0.25, 0.3) is 0 Å². The molecule has 11 heteroatoms. The molecule has 3 amide bonds. The highest BCUT2D eigenvalue weighted by molar-refractivity contribution is 7.17. The number of anilines is 2. The predicted octanol–water partition coefficient (Wildman–Crippen LogP) is 6.65. The minimum atomic E-state index is -0.444. The number of nitrogens with zero attached hydrogens (tertiary/aromatic N) is 2. The summed E-state index contributed by atoms with van der Waals surface area (Å²) in [6.45, 7) is 1.59. The second kappa shape index (κ2) is 17.1. The second-order valence-electron chi connectivity index (χ2n) is 14.6. The van der Waals surface area contributed by atoms with Crippen LogP contribution in [0.2, 0.25) is 0 Å². The normalized spacial score (nSPS) is 15.8. The number of amides is 3. The van der Waals surface area contributed by atoms with Crippen LogP contribution in [0.1, 0.15) is 96.7 Å². The van der Waals surface area contributed by atoms with Gasteiger partial charge in [0.1, 0.15) is 11.6 Å². The first-order valence-electron chi connectivity index (χ1n) is 19.1. The Morgan fingerprint density at radius 2 is 1.46 bits per heavy atom. The summed E-state index contributed by atoms with van der Waals surface area (Å²) < 4.78 is 4.78. The number of likely N-dealkylation sites (tertiary alicyclic amines) is 1. The molecule has 1 aliphatic heterocycles. The molecule has 2 fully saturated rings. The van der Waals surface area contributed by atoms with Crippen molar-refractivity contribution >= 4 is 45.7 Å². The molecule has 3 aliphatic rings. The standard InChI is InChI=1S/C43H48N4O6S/c1-53-43(52)31-15-11-28(12-16-31)9-10-29-13-17-33(18-14-29)44-41(51)39-36-7-2-3-8-37(36)54-42(39)45-40(50)32-6-4-5-30(25-32)26-47(34-19-20-34)35-21-23-46(24-22-35)38(49)27-48/h4-6,11-18,25,34-35,48H,2-3,7-10,19-24,26-27H2,1H3,(H,44,51)(H,45,50). The van der Waals surface area contributed by atoms with Gasteiger partial charge >= 0.3 is 5.97 Å². The molecule has 0 atom stereocenters. The molecule has 0 unspecified atom stereocenters. The van der Waals surface area contributed by atoms with E-state index < -0.39 is 6.61 Å². The number of aryl methyl sites for hydroxylation is 3. The van der Waals surface area contributed by atoms with Crippen LogP contribution in [-0.2, 0) is 41.8 Å². The molecule has 10 nitrogen and oxygen atoms in total. The van der Waals surface area contributed by atoms with Crippen LogP contribution in [0.4, 0.5) is 10.7 Å². The smallest absolute Gasteiger partial charge is 0.337 e. The van der Waals surface area contributed by atoms with Gasteiger partial charge in [0.25, 0.3) is 11.8 Å². The van der Waals surface area contributed by atoms with E-state index in [0.717, 1.165) is 97.9 Å². The summed E-state index contributed by atoms with van der Waals surface area (Å²) in [6.07, 6.45) is 9.46. The molecule has 3 aromatic carbocycles. The fraction of sp³-hybridized carbons (Fsp3) is 0.395. The highest BCUT2D eigenvalue weighted by Gasteiger charge is 2.36. The molecule has 2 heterocycles. The Morgan fingerprint density at radius 1 is 0.796 bits per heavy atom. The van der Waals surface area contributed by atoms with E-state index in [4.69, 9.17) is 4.74 Å². The van der Waals surface area contributed by atoms with Crippen LogP contribution in [0, 0.1) is 0 Å². The molecule has 0 bridgehead atoms. The lowest BCUT2D eigenvalue weighted by Gasteiger charge is -2.38. The average Bonchev–Trinajstić information content (AvgIpc) is 3.99. The maximum Gasteiger partial charge on any atom is 0.337 e. The molecule has 7 rings (SSSR count). The van der Waals surface area contributed by atoms with Crippen LogP contribution in [-0.4, -0.2) is 77.5 Å². The fourth-order valence-corrected chi connectivity index (χ4v) is 9.04. The van der Waals surface area contributed by atoms with Gasteiger partial charge in [0.15, 0.2) is 0 Å². The van der Waals surface area contributed by atoms with Crippen LogP contribution < -0.4 is 10.6 Å². The lowest BCUT2D eigenvalue weighted by atomic mass is 9.95. The zero-order valence-electron chi connectivity index (χ0n) is 30.8. The van der Waals surface area contributed by atoms with Crippen molar-refractivity contribution in [2.45, 2.75) is 82.8 Å². The maximum atomic E-state index is 13.9. The molecule has 3 N–H and O–H groups in total. The number of esters is 1. The van der Waals surface area contributed by atoms with Crippen LogP contribution in [0.5, 0.6) is 0 Å². The number of thiophene rings is 1. The Hall–Kier alpha value is -4.84. The first-order chi connectivity index (χ1) is 26.3. The van der Waals surface area contributed by atoms with Crippen molar-refractivity contribution < 1.29 is 29.0 Å². The number of benzene rings is 3. The van der Waals surface area contributed by atoms with E-state index in [2.05, 4.69) is 21.6 Å². The number of nitrogens with one attached hydrogen (secondary N) is 2. The number of fused-ring (bicyclic) bond motifs is 1. The second-order valence-corrected chi connectivity index (χ2v) is 15.7. The van der Waals surface area contributed by atoms with E-state index in [1.165, 1.54) is 18.4 Å². The number of hydrogen-bond donors (Lipinski definition) is 3. The summed E-state index contributed by atoms with van der Waals surface area (Å²) in [5.74, 6) is -1.01. The van der Waals surface area contributed by atoms with Crippen LogP contribution in [0.15, 0.2) is 72.8 Å². The molecular weight excluding hydrogens is 701 g/mol. The molecule has 282 valence electrons. The van der Waals surface area contributed by atoms with Crippen molar-refractivity contribution in [1.29, 1.82) is 0 Å². The van der Waals surface area contributed by atoms with Crippen molar-refractivity contribution in [2.75, 3.05) is 37.4 Å². The van der Waals surface area contributed by atoms with Crippen molar-refractivity contribution in [3.63, 3.8) is 0 Å². The molecule has 54 heavy (non-hydrogen) atoms. The largest absolute Gasteiger partial charge is 0.465 e. The predicted molar refractivity (Wildman–Crippen MR) is 210 cm³/mol. The first kappa shape index (κ1) is 37.5. The average molecular weight is 749 g/mol. The van der Waals surface area contributed by atoms with Crippen molar-refractivity contribution in [1.82, 2.24) is 9.80 Å². The van der Waals surface area contributed by atoms with Gasteiger partial charge < -0.3 is 25.4 Å². The van der Waals surface area contributed by atoms with Gasteiger partial charge in [0.2, 0.25) is 5.91 Å². The Morgan fingerprint density at radius 3 is 2.13 bits per heavy atom. The molecule has 0 radical (unpaired) electrons. The Bertz CT molecular complexity index is 1980. The van der Waals surface area contributed by atoms with Crippen LogP contribution in [0.3, 0.4) is 0 Å². The van der Waals surface area contributed by atoms with E-state index in [9.17, 15) is 24.3 Å². The number of piperidine rings is 1. The maximum absolute atomic E-state index is 13.9. The van der Waals surface area contributed by atoms with E-state index in [1.807, 2.05) is 54.6 Å². The number of methoxy groups -OCH3 is 1. The van der Waals surface area contributed by atoms with Gasteiger partial charge in [0, 0.05) is 47.8 Å². The van der Waals surface area contributed by atoms with Crippen molar-refractivity contribution in [3.8, 4) is 0 Å². The van der Waals surface area contributed by atoms with Crippen LogP contribution >= 0.6 is 11.3 Å². The highest BCUT2D eigenvalue weighted by Crippen LogP contribution is 2.39. The lowest BCUT2D eigenvalue weighted by molar-refractivity contribution is -0.135. The number of aliphatic hydroxyl groups excluding tert-OH is 1. The monoisotopic (exact) mass is 748 g/mol. The lowest BCUT2D eigenvalue weighted by Crippen LogP contribution is -2.47. The number of carbonyl (C=O) groups excluding carboxylic acids is 4. The summed E-state index contributed by atoms with van der Waals surface area (Å²) in [5, 5.41) is 16.1.